The summed E-state index contributed by atoms with van der Waals surface area (Å²) in [6.45, 7) is 4.68. The van der Waals surface area contributed by atoms with Crippen molar-refractivity contribution in [1.82, 2.24) is 0 Å². The molecule has 0 spiro atoms. The van der Waals surface area contributed by atoms with E-state index in [0.717, 1.165) is 6.42 Å². The van der Waals surface area contributed by atoms with Gasteiger partial charge in [-0.3, -0.25) is 4.79 Å². The SMILES string of the molecule is CCCOc1cccc(C(=O)Nc2cccc(C(=O)OCC)c2)c1. The van der Waals surface area contributed by atoms with Crippen LogP contribution in [0.15, 0.2) is 48.5 Å². The van der Waals surface area contributed by atoms with E-state index < -0.39 is 5.97 Å². The standard InChI is InChI=1S/C19H21NO4/c1-3-11-24-17-10-6-7-14(13-17)18(21)20-16-9-5-8-15(12-16)19(22)23-4-2/h5-10,12-13H,3-4,11H2,1-2H3,(H,20,21). The third-order valence-electron chi connectivity index (χ3n) is 3.20. The van der Waals surface area contributed by atoms with E-state index in [0.29, 0.717) is 35.8 Å². The minimum absolute atomic E-state index is 0.266. The summed E-state index contributed by atoms with van der Waals surface area (Å²) in [6, 6.07) is 13.6. The van der Waals surface area contributed by atoms with Crippen LogP contribution in [0, 0.1) is 0 Å². The highest BCUT2D eigenvalue weighted by Gasteiger charge is 2.10. The molecule has 0 aliphatic heterocycles. The lowest BCUT2D eigenvalue weighted by atomic mass is 10.1. The molecule has 0 fully saturated rings. The lowest BCUT2D eigenvalue weighted by molar-refractivity contribution is 0.0526. The maximum absolute atomic E-state index is 12.4. The first-order valence-corrected chi connectivity index (χ1v) is 7.95. The van der Waals surface area contributed by atoms with Crippen LogP contribution in [0.25, 0.3) is 0 Å². The summed E-state index contributed by atoms with van der Waals surface area (Å²) < 4.78 is 10.5. The van der Waals surface area contributed by atoms with Crippen molar-refractivity contribution in [3.63, 3.8) is 0 Å². The normalized spacial score (nSPS) is 10.1. The molecule has 2 rings (SSSR count). The minimum atomic E-state index is -0.413. The molecule has 1 amide bonds. The second-order valence-electron chi connectivity index (χ2n) is 5.13. The molecule has 5 nitrogen and oxygen atoms in total. The second kappa shape index (κ2) is 8.72. The number of rotatable bonds is 7. The van der Waals surface area contributed by atoms with Gasteiger partial charge in [-0.1, -0.05) is 19.1 Å². The fourth-order valence-corrected chi connectivity index (χ4v) is 2.09. The fourth-order valence-electron chi connectivity index (χ4n) is 2.09. The van der Waals surface area contributed by atoms with Gasteiger partial charge in [-0.25, -0.2) is 4.79 Å². The first kappa shape index (κ1) is 17.5. The number of nitrogens with one attached hydrogen (secondary N) is 1. The molecule has 0 atom stereocenters. The van der Waals surface area contributed by atoms with Crippen molar-refractivity contribution in [3.8, 4) is 5.75 Å². The summed E-state index contributed by atoms with van der Waals surface area (Å²) in [5, 5.41) is 2.78. The Bertz CT molecular complexity index is 712. The molecule has 2 aromatic carbocycles. The van der Waals surface area contributed by atoms with Gasteiger partial charge in [0.05, 0.1) is 18.8 Å². The van der Waals surface area contributed by atoms with Crippen LogP contribution in [0.3, 0.4) is 0 Å². The number of esters is 1. The quantitative estimate of drug-likeness (QED) is 0.783. The predicted molar refractivity (Wildman–Crippen MR) is 92.6 cm³/mol. The molecule has 1 N–H and O–H groups in total. The van der Waals surface area contributed by atoms with Gasteiger partial charge in [0.25, 0.3) is 5.91 Å². The van der Waals surface area contributed by atoms with Crippen LogP contribution in [0.4, 0.5) is 5.69 Å². The van der Waals surface area contributed by atoms with Crippen LogP contribution in [-0.2, 0) is 4.74 Å². The monoisotopic (exact) mass is 327 g/mol. The number of hydrogen-bond acceptors (Lipinski definition) is 4. The molecule has 126 valence electrons. The second-order valence-corrected chi connectivity index (χ2v) is 5.13. The molecule has 2 aromatic rings. The Kier molecular flexibility index (Phi) is 6.37. The maximum atomic E-state index is 12.4. The zero-order chi connectivity index (χ0) is 17.4. The first-order valence-electron chi connectivity index (χ1n) is 7.95. The van der Waals surface area contributed by atoms with Crippen LogP contribution >= 0.6 is 0 Å². The molecule has 0 aromatic heterocycles. The van der Waals surface area contributed by atoms with Crippen LogP contribution in [0.5, 0.6) is 5.75 Å². The van der Waals surface area contributed by atoms with E-state index in [4.69, 9.17) is 9.47 Å². The van der Waals surface area contributed by atoms with E-state index in [1.165, 1.54) is 0 Å². The number of benzene rings is 2. The average molecular weight is 327 g/mol. The smallest absolute Gasteiger partial charge is 0.338 e. The van der Waals surface area contributed by atoms with Gasteiger partial charge in [-0.15, -0.1) is 0 Å². The summed E-state index contributed by atoms with van der Waals surface area (Å²) >= 11 is 0. The highest BCUT2D eigenvalue weighted by Crippen LogP contribution is 2.17. The topological polar surface area (TPSA) is 64.6 Å². The van der Waals surface area contributed by atoms with Crippen molar-refractivity contribution >= 4 is 17.6 Å². The van der Waals surface area contributed by atoms with Crippen molar-refractivity contribution in [2.75, 3.05) is 18.5 Å². The number of carbonyl (C=O) groups excluding carboxylic acids is 2. The summed E-state index contributed by atoms with van der Waals surface area (Å²) in [7, 11) is 0. The number of anilines is 1. The van der Waals surface area contributed by atoms with Crippen LogP contribution in [0.1, 0.15) is 41.0 Å². The van der Waals surface area contributed by atoms with Gasteiger partial charge in [-0.05, 0) is 49.7 Å². The molecule has 24 heavy (non-hydrogen) atoms. The molecular formula is C19H21NO4. The minimum Gasteiger partial charge on any atom is -0.494 e. The Hall–Kier alpha value is -2.82. The lowest BCUT2D eigenvalue weighted by Gasteiger charge is -2.09. The van der Waals surface area contributed by atoms with Gasteiger partial charge in [0.15, 0.2) is 0 Å². The molecule has 0 saturated heterocycles. The van der Waals surface area contributed by atoms with Crippen LogP contribution in [0.2, 0.25) is 0 Å². The van der Waals surface area contributed by atoms with E-state index >= 15 is 0 Å². The van der Waals surface area contributed by atoms with Gasteiger partial charge >= 0.3 is 5.97 Å². The van der Waals surface area contributed by atoms with Crippen molar-refractivity contribution in [2.45, 2.75) is 20.3 Å². The third-order valence-corrected chi connectivity index (χ3v) is 3.20. The van der Waals surface area contributed by atoms with E-state index in [1.54, 1.807) is 49.4 Å². The largest absolute Gasteiger partial charge is 0.494 e. The third kappa shape index (κ3) is 4.84. The Balaban J connectivity index is 2.09. The van der Waals surface area contributed by atoms with Crippen LogP contribution in [-0.4, -0.2) is 25.1 Å². The number of amides is 1. The first-order chi connectivity index (χ1) is 11.6. The van der Waals surface area contributed by atoms with Gasteiger partial charge in [0.2, 0.25) is 0 Å². The van der Waals surface area contributed by atoms with Crippen molar-refractivity contribution < 1.29 is 19.1 Å². The Labute approximate surface area is 141 Å². The summed E-state index contributed by atoms with van der Waals surface area (Å²) in [6.07, 6.45) is 0.900. The molecule has 0 unspecified atom stereocenters. The van der Waals surface area contributed by atoms with E-state index in [2.05, 4.69) is 5.32 Å². The fraction of sp³-hybridized carbons (Fsp3) is 0.263. The van der Waals surface area contributed by atoms with Gasteiger partial charge < -0.3 is 14.8 Å². The molecule has 0 bridgehead atoms. The highest BCUT2D eigenvalue weighted by atomic mass is 16.5. The van der Waals surface area contributed by atoms with Crippen molar-refractivity contribution in [2.24, 2.45) is 0 Å². The molecule has 0 radical (unpaired) electrons. The van der Waals surface area contributed by atoms with E-state index in [1.807, 2.05) is 13.0 Å². The number of ether oxygens (including phenoxy) is 2. The molecular weight excluding hydrogens is 306 g/mol. The molecule has 0 heterocycles. The van der Waals surface area contributed by atoms with Crippen LogP contribution < -0.4 is 10.1 Å². The lowest BCUT2D eigenvalue weighted by Crippen LogP contribution is -2.13. The van der Waals surface area contributed by atoms with E-state index in [9.17, 15) is 9.59 Å². The summed E-state index contributed by atoms with van der Waals surface area (Å²) in [4.78, 5) is 24.1. The molecule has 0 aliphatic rings. The zero-order valence-electron chi connectivity index (χ0n) is 13.9. The Morgan fingerprint density at radius 2 is 1.75 bits per heavy atom. The number of hydrogen-bond donors (Lipinski definition) is 1. The zero-order valence-corrected chi connectivity index (χ0v) is 13.9. The van der Waals surface area contributed by atoms with Gasteiger partial charge in [0, 0.05) is 11.3 Å². The average Bonchev–Trinajstić information content (AvgIpc) is 2.60. The van der Waals surface area contributed by atoms with Crippen molar-refractivity contribution in [3.05, 3.63) is 59.7 Å². The summed E-state index contributed by atoms with van der Waals surface area (Å²) in [5.41, 5.74) is 1.42. The van der Waals surface area contributed by atoms with Gasteiger partial charge in [0.1, 0.15) is 5.75 Å². The number of carbonyl (C=O) groups is 2. The molecule has 0 aliphatic carbocycles. The van der Waals surface area contributed by atoms with Gasteiger partial charge in [-0.2, -0.15) is 0 Å². The molecule has 0 saturated carbocycles. The molecule has 5 heteroatoms. The van der Waals surface area contributed by atoms with E-state index in [-0.39, 0.29) is 5.91 Å². The summed E-state index contributed by atoms with van der Waals surface area (Å²) in [5.74, 6) is -0.0220. The Morgan fingerprint density at radius 1 is 1.00 bits per heavy atom. The van der Waals surface area contributed by atoms with Crippen molar-refractivity contribution in [1.29, 1.82) is 0 Å². The highest BCUT2D eigenvalue weighted by molar-refractivity contribution is 6.05. The maximum Gasteiger partial charge on any atom is 0.338 e. The Morgan fingerprint density at radius 3 is 2.50 bits per heavy atom. The predicted octanol–water partition coefficient (Wildman–Crippen LogP) is 3.90.